The van der Waals surface area contributed by atoms with Crippen LogP contribution in [0.4, 0.5) is 0 Å². The molecule has 0 aromatic heterocycles. The molecule has 0 spiro atoms. The van der Waals surface area contributed by atoms with E-state index in [-0.39, 0.29) is 11.5 Å². The van der Waals surface area contributed by atoms with E-state index in [1.807, 2.05) is 0 Å². The average molecular weight is 348 g/mol. The molecule has 1 heterocycles. The van der Waals surface area contributed by atoms with Gasteiger partial charge in [-0.15, -0.1) is 0 Å². The van der Waals surface area contributed by atoms with E-state index in [0.29, 0.717) is 0 Å². The maximum absolute atomic E-state index is 10.5. The van der Waals surface area contributed by atoms with Crippen LogP contribution in [0, 0.1) is 0 Å². The van der Waals surface area contributed by atoms with Gasteiger partial charge >= 0.3 is 0 Å². The monoisotopic (exact) mass is 348 g/mol. The van der Waals surface area contributed by atoms with E-state index in [1.54, 1.807) is 6.92 Å². The highest BCUT2D eigenvalue weighted by Crippen LogP contribution is 2.24. The molecule has 5 N–H and O–H groups in total. The van der Waals surface area contributed by atoms with Gasteiger partial charge in [-0.3, -0.25) is 4.18 Å². The summed E-state index contributed by atoms with van der Waals surface area (Å²) in [6.45, 7) is 0.747. The van der Waals surface area contributed by atoms with Crippen molar-refractivity contribution in [3.05, 3.63) is 0 Å². The Kier molecular flexibility index (Phi) is 6.83. The molecule has 1 aliphatic rings. The minimum atomic E-state index is -5.07. The zero-order chi connectivity index (χ0) is 16.4. The molecule has 0 bridgehead atoms. The van der Waals surface area contributed by atoms with E-state index in [0.717, 1.165) is 0 Å². The highest BCUT2D eigenvalue weighted by atomic mass is 32.3. The number of aliphatic hydroxyl groups excluding tert-OH is 5. The molecular weight excluding hydrogens is 328 g/mol. The zero-order valence-corrected chi connectivity index (χ0v) is 12.9. The summed E-state index contributed by atoms with van der Waals surface area (Å²) in [5.41, 5.74) is 0. The lowest BCUT2D eigenvalue weighted by Crippen LogP contribution is -2.57. The van der Waals surface area contributed by atoms with Crippen LogP contribution in [0.3, 0.4) is 0 Å². The highest BCUT2D eigenvalue weighted by Gasteiger charge is 2.48. The molecule has 21 heavy (non-hydrogen) atoms. The van der Waals surface area contributed by atoms with Crippen molar-refractivity contribution < 1.29 is 42.7 Å². The quantitative estimate of drug-likeness (QED) is 0.184. The lowest BCUT2D eigenvalue weighted by molar-refractivity contribution is -0.0549. The number of rotatable bonds is 6. The molecule has 7 atom stereocenters. The second kappa shape index (κ2) is 7.53. The third-order valence-electron chi connectivity index (χ3n) is 3.37. The first kappa shape index (κ1) is 19.1. The van der Waals surface area contributed by atoms with Gasteiger partial charge in [-0.05, 0) is 17.8 Å². The largest absolute Gasteiger partial charge is 0.726 e. The van der Waals surface area contributed by atoms with Crippen molar-refractivity contribution in [2.45, 2.75) is 42.7 Å². The van der Waals surface area contributed by atoms with Gasteiger partial charge in [0.2, 0.25) is 10.4 Å². The summed E-state index contributed by atoms with van der Waals surface area (Å²) in [7, 11) is -5.82. The van der Waals surface area contributed by atoms with Crippen LogP contribution in [0.5, 0.6) is 0 Å². The van der Waals surface area contributed by atoms with Crippen molar-refractivity contribution >= 4 is 21.3 Å². The predicted molar refractivity (Wildman–Crippen MR) is 72.2 cm³/mol. The zero-order valence-electron chi connectivity index (χ0n) is 11.3. The van der Waals surface area contributed by atoms with Crippen LogP contribution in [0.15, 0.2) is 0 Å². The van der Waals surface area contributed by atoms with Gasteiger partial charge in [-0.1, -0.05) is 0 Å². The van der Waals surface area contributed by atoms with Crippen molar-refractivity contribution in [2.75, 3.05) is 18.1 Å². The molecule has 0 saturated carbocycles. The Bertz CT molecular complexity index is 428. The summed E-state index contributed by atoms with van der Waals surface area (Å²) in [4.78, 5) is 0. The van der Waals surface area contributed by atoms with Crippen LogP contribution in [-0.4, -0.2) is 92.4 Å². The van der Waals surface area contributed by atoms with E-state index in [4.69, 9.17) is 5.11 Å². The van der Waals surface area contributed by atoms with Crippen LogP contribution in [-0.2, 0) is 25.5 Å². The lowest BCUT2D eigenvalue weighted by atomic mass is 10.1. The van der Waals surface area contributed by atoms with Gasteiger partial charge in [0.15, 0.2) is 0 Å². The van der Waals surface area contributed by atoms with Crippen molar-refractivity contribution in [3.8, 4) is 0 Å². The van der Waals surface area contributed by atoms with E-state index >= 15 is 0 Å². The molecule has 0 amide bonds. The Morgan fingerprint density at radius 1 is 1.33 bits per heavy atom. The summed E-state index contributed by atoms with van der Waals surface area (Å²) >= 11 is 0. The summed E-state index contributed by atoms with van der Waals surface area (Å²) < 4.78 is 35.5. The normalized spacial score (nSPS) is 37.2. The summed E-state index contributed by atoms with van der Waals surface area (Å²) in [6, 6.07) is 0. The Labute approximate surface area is 125 Å². The third-order valence-corrected chi connectivity index (χ3v) is 6.72. The molecule has 1 fully saturated rings. The van der Waals surface area contributed by atoms with Crippen molar-refractivity contribution in [1.29, 1.82) is 0 Å². The Balaban J connectivity index is 2.70. The first-order valence-electron chi connectivity index (χ1n) is 6.20. The lowest BCUT2D eigenvalue weighted by Gasteiger charge is -2.34. The molecular formula is C10H20O9S2. The fourth-order valence-electron chi connectivity index (χ4n) is 2.09. The maximum atomic E-state index is 10.5. The number of aliphatic hydroxyl groups is 5. The molecule has 1 rings (SSSR count). The predicted octanol–water partition coefficient (Wildman–Crippen LogP) is -3.71. The summed E-state index contributed by atoms with van der Waals surface area (Å²) in [6.07, 6.45) is -6.69. The van der Waals surface area contributed by atoms with E-state index in [2.05, 4.69) is 4.18 Å². The van der Waals surface area contributed by atoms with E-state index in [1.165, 1.54) is 0 Å². The molecule has 1 saturated heterocycles. The molecule has 1 unspecified atom stereocenters. The van der Waals surface area contributed by atoms with Crippen LogP contribution in [0.25, 0.3) is 0 Å². The Morgan fingerprint density at radius 2 is 1.90 bits per heavy atom. The van der Waals surface area contributed by atoms with Gasteiger partial charge < -0.3 is 30.1 Å². The molecule has 9 nitrogen and oxygen atoms in total. The number of hydrogen-bond donors (Lipinski definition) is 5. The second-order valence-corrected chi connectivity index (χ2v) is 8.41. The van der Waals surface area contributed by atoms with Crippen LogP contribution < -0.4 is 0 Å². The molecule has 0 aromatic rings. The molecule has 126 valence electrons. The summed E-state index contributed by atoms with van der Waals surface area (Å²) in [5, 5.41) is 47.3. The molecule has 11 heteroatoms. The Morgan fingerprint density at radius 3 is 2.38 bits per heavy atom. The summed E-state index contributed by atoms with van der Waals surface area (Å²) in [5.74, 6) is 0.0292. The van der Waals surface area contributed by atoms with Crippen LogP contribution in [0.2, 0.25) is 0 Å². The maximum Gasteiger partial charge on any atom is 0.218 e. The van der Waals surface area contributed by atoms with Gasteiger partial charge in [-0.2, -0.15) is 0 Å². The first-order valence-corrected chi connectivity index (χ1v) is 9.16. The number of hydrogen-bond acceptors (Lipinski definition) is 9. The van der Waals surface area contributed by atoms with Crippen molar-refractivity contribution in [3.63, 3.8) is 0 Å². The molecule has 1 aliphatic heterocycles. The molecule has 0 aromatic carbocycles. The van der Waals surface area contributed by atoms with Gasteiger partial charge in [0.25, 0.3) is 0 Å². The van der Waals surface area contributed by atoms with Gasteiger partial charge in [-0.25, -0.2) is 8.42 Å². The first-order chi connectivity index (χ1) is 9.56. The van der Waals surface area contributed by atoms with Gasteiger partial charge in [0, 0.05) is 0 Å². The fraction of sp³-hybridized carbons (Fsp3) is 1.00. The molecule has 0 aliphatic carbocycles. The molecule has 0 radical (unpaired) electrons. The Hall–Kier alpha value is 0.0200. The SMILES string of the molecule is C[C@H]1[C@@H](O)[C@@H](O)[C@H](O)C[S+]1C[C@@H](O)[C@H](CO)OS(=O)(=O)[O-]. The fourth-order valence-corrected chi connectivity index (χ4v) is 5.17. The minimum absolute atomic E-state index is 0.0806. The average Bonchev–Trinajstić information content (AvgIpc) is 2.38. The smallest absolute Gasteiger partial charge is 0.218 e. The topological polar surface area (TPSA) is 168 Å². The second-order valence-electron chi connectivity index (χ2n) is 4.92. The van der Waals surface area contributed by atoms with Gasteiger partial charge in [0.05, 0.1) is 6.61 Å². The standard InChI is InChI=1S/C10H20O9S2/c1-5-9(14)10(15)7(13)4-20(5)3-6(12)8(2-11)19-21(16,17)18/h5-15H,2-4H2,1H3/t5-,6+,7+,8-,9+,10-,20?/m0/s1. The van der Waals surface area contributed by atoms with E-state index < -0.39 is 63.7 Å². The van der Waals surface area contributed by atoms with Crippen LogP contribution in [0.1, 0.15) is 6.92 Å². The van der Waals surface area contributed by atoms with Crippen molar-refractivity contribution in [1.82, 2.24) is 0 Å². The van der Waals surface area contributed by atoms with E-state index in [9.17, 15) is 33.4 Å². The van der Waals surface area contributed by atoms with Crippen LogP contribution >= 0.6 is 0 Å². The highest BCUT2D eigenvalue weighted by molar-refractivity contribution is 7.97. The van der Waals surface area contributed by atoms with Crippen molar-refractivity contribution in [2.24, 2.45) is 0 Å². The minimum Gasteiger partial charge on any atom is -0.726 e. The third kappa shape index (κ3) is 5.30. The van der Waals surface area contributed by atoms with Gasteiger partial charge in [0.1, 0.15) is 47.3 Å².